The minimum atomic E-state index is 0.252. The van der Waals surface area contributed by atoms with E-state index in [-0.39, 0.29) is 6.04 Å². The highest BCUT2D eigenvalue weighted by atomic mass is 79.9. The number of carbonyl (C=O) groups is 1. The third kappa shape index (κ3) is 2.14. The van der Waals surface area contributed by atoms with E-state index < -0.39 is 0 Å². The van der Waals surface area contributed by atoms with Gasteiger partial charge in [0.05, 0.1) is 11.6 Å². The molecule has 0 radical (unpaired) electrons. The van der Waals surface area contributed by atoms with E-state index in [9.17, 15) is 4.79 Å². The van der Waals surface area contributed by atoms with Gasteiger partial charge in [-0.2, -0.15) is 5.10 Å². The average molecular weight is 293 g/mol. The number of rotatable bonds is 1. The summed E-state index contributed by atoms with van der Waals surface area (Å²) < 4.78 is 3.00. The van der Waals surface area contributed by atoms with Crippen molar-refractivity contribution in [2.45, 2.75) is 31.7 Å². The lowest BCUT2D eigenvalue weighted by Crippen LogP contribution is -2.19. The van der Waals surface area contributed by atoms with Crippen LogP contribution < -0.4 is 0 Å². The van der Waals surface area contributed by atoms with Crippen LogP contribution in [0.5, 0.6) is 0 Å². The van der Waals surface area contributed by atoms with Crippen LogP contribution in [0.15, 0.2) is 28.9 Å². The Morgan fingerprint density at radius 1 is 1.41 bits per heavy atom. The zero-order valence-corrected chi connectivity index (χ0v) is 11.0. The summed E-state index contributed by atoms with van der Waals surface area (Å²) in [6.07, 6.45) is 5.47. The molecule has 1 heterocycles. The van der Waals surface area contributed by atoms with Gasteiger partial charge < -0.3 is 0 Å². The summed E-state index contributed by atoms with van der Waals surface area (Å²) in [4.78, 5) is 11.5. The summed E-state index contributed by atoms with van der Waals surface area (Å²) in [5.41, 5.74) is 0.984. The minimum absolute atomic E-state index is 0.252. The third-order valence-corrected chi connectivity index (χ3v) is 3.81. The van der Waals surface area contributed by atoms with Crippen LogP contribution in [0.4, 0.5) is 0 Å². The number of ketones is 1. The number of fused-ring (bicyclic) bond motifs is 1. The first-order chi connectivity index (χ1) is 8.22. The second kappa shape index (κ2) is 4.26. The first-order valence-corrected chi connectivity index (χ1v) is 6.68. The Balaban J connectivity index is 1.97. The number of carbonyl (C=O) groups excluding carboxylic acids is 1. The molecule has 1 saturated carbocycles. The highest BCUT2D eigenvalue weighted by Gasteiger charge is 2.21. The fourth-order valence-electron chi connectivity index (χ4n) is 2.42. The minimum Gasteiger partial charge on any atom is -0.300 e. The molecule has 0 amide bonds. The van der Waals surface area contributed by atoms with Crippen LogP contribution in [-0.2, 0) is 4.79 Å². The van der Waals surface area contributed by atoms with Crippen molar-refractivity contribution in [3.63, 3.8) is 0 Å². The number of aromatic nitrogens is 2. The van der Waals surface area contributed by atoms with E-state index in [0.717, 1.165) is 34.6 Å². The summed E-state index contributed by atoms with van der Waals surface area (Å²) in [5.74, 6) is 0.363. The highest BCUT2D eigenvalue weighted by Crippen LogP contribution is 2.27. The van der Waals surface area contributed by atoms with E-state index in [4.69, 9.17) is 0 Å². The van der Waals surface area contributed by atoms with Crippen LogP contribution in [0, 0.1) is 0 Å². The van der Waals surface area contributed by atoms with Gasteiger partial charge in [0.1, 0.15) is 5.78 Å². The lowest BCUT2D eigenvalue weighted by molar-refractivity contribution is -0.121. The second-order valence-corrected chi connectivity index (χ2v) is 5.52. The Labute approximate surface area is 108 Å². The van der Waals surface area contributed by atoms with Crippen molar-refractivity contribution in [3.8, 4) is 0 Å². The molecule has 0 aliphatic heterocycles. The van der Waals surface area contributed by atoms with Crippen LogP contribution >= 0.6 is 15.9 Å². The number of benzene rings is 1. The Bertz CT molecular complexity index is 576. The molecule has 1 atom stereocenters. The van der Waals surface area contributed by atoms with Crippen LogP contribution in [-0.4, -0.2) is 15.6 Å². The van der Waals surface area contributed by atoms with E-state index in [1.165, 1.54) is 0 Å². The first-order valence-electron chi connectivity index (χ1n) is 5.88. The van der Waals surface area contributed by atoms with E-state index >= 15 is 0 Å². The molecule has 0 bridgehead atoms. The predicted molar refractivity (Wildman–Crippen MR) is 69.9 cm³/mol. The van der Waals surface area contributed by atoms with E-state index in [1.54, 1.807) is 0 Å². The van der Waals surface area contributed by atoms with Gasteiger partial charge in [0.2, 0.25) is 0 Å². The molecular weight excluding hydrogens is 280 g/mol. The maximum atomic E-state index is 11.5. The van der Waals surface area contributed by atoms with Crippen LogP contribution in [0.1, 0.15) is 31.7 Å². The predicted octanol–water partition coefficient (Wildman–Crippen LogP) is 3.48. The number of nitrogens with zero attached hydrogens (tertiary/aromatic N) is 2. The van der Waals surface area contributed by atoms with Crippen LogP contribution in [0.2, 0.25) is 0 Å². The summed E-state index contributed by atoms with van der Waals surface area (Å²) in [6, 6.07) is 6.33. The van der Waals surface area contributed by atoms with Gasteiger partial charge in [-0.1, -0.05) is 22.0 Å². The average Bonchev–Trinajstić information content (AvgIpc) is 2.72. The summed E-state index contributed by atoms with van der Waals surface area (Å²) in [6.45, 7) is 0. The Hall–Kier alpha value is -1.16. The molecule has 1 aromatic carbocycles. The Morgan fingerprint density at radius 3 is 3.12 bits per heavy atom. The molecule has 1 aliphatic carbocycles. The van der Waals surface area contributed by atoms with E-state index in [1.807, 2.05) is 29.1 Å². The fourth-order valence-corrected chi connectivity index (χ4v) is 2.77. The van der Waals surface area contributed by atoms with Crippen molar-refractivity contribution >= 4 is 32.6 Å². The monoisotopic (exact) mass is 292 g/mol. The normalized spacial score (nSPS) is 21.0. The molecular formula is C13H13BrN2O. The summed E-state index contributed by atoms with van der Waals surface area (Å²) in [5, 5.41) is 5.70. The third-order valence-electron chi connectivity index (χ3n) is 3.32. The quantitative estimate of drug-likeness (QED) is 0.806. The van der Waals surface area contributed by atoms with E-state index in [0.29, 0.717) is 12.2 Å². The van der Waals surface area contributed by atoms with Crippen molar-refractivity contribution in [1.82, 2.24) is 9.78 Å². The maximum Gasteiger partial charge on any atom is 0.135 e. The number of Topliss-reactive ketones (excluding diaryl/α,β-unsaturated/α-hetero) is 1. The largest absolute Gasteiger partial charge is 0.300 e. The molecule has 1 aliphatic rings. The molecule has 88 valence electrons. The molecule has 0 saturated heterocycles. The first kappa shape index (κ1) is 11.0. The van der Waals surface area contributed by atoms with Gasteiger partial charge in [0, 0.05) is 28.9 Å². The van der Waals surface area contributed by atoms with Crippen molar-refractivity contribution in [2.24, 2.45) is 0 Å². The van der Waals surface area contributed by atoms with Gasteiger partial charge in [0.25, 0.3) is 0 Å². The molecule has 1 aromatic heterocycles. The number of hydrogen-bond donors (Lipinski definition) is 0. The fraction of sp³-hybridized carbons (Fsp3) is 0.385. The Kier molecular flexibility index (Phi) is 2.74. The van der Waals surface area contributed by atoms with Gasteiger partial charge in [-0.05, 0) is 25.0 Å². The summed E-state index contributed by atoms with van der Waals surface area (Å²) >= 11 is 3.44. The topological polar surface area (TPSA) is 34.9 Å². The molecule has 3 rings (SSSR count). The SMILES string of the molecule is O=C1CCCC(n2cc3ccc(Br)cc3n2)C1. The lowest BCUT2D eigenvalue weighted by atomic mass is 9.94. The molecule has 0 N–H and O–H groups in total. The number of halogens is 1. The van der Waals surface area contributed by atoms with E-state index in [2.05, 4.69) is 21.0 Å². The molecule has 1 fully saturated rings. The lowest BCUT2D eigenvalue weighted by Gasteiger charge is -2.20. The van der Waals surface area contributed by atoms with Gasteiger partial charge in [0.15, 0.2) is 0 Å². The van der Waals surface area contributed by atoms with Crippen molar-refractivity contribution in [3.05, 3.63) is 28.9 Å². The van der Waals surface area contributed by atoms with Gasteiger partial charge in [-0.25, -0.2) is 0 Å². The van der Waals surface area contributed by atoms with Crippen molar-refractivity contribution < 1.29 is 4.79 Å². The molecule has 0 spiro atoms. The molecule has 4 heteroatoms. The van der Waals surface area contributed by atoms with Crippen molar-refractivity contribution in [2.75, 3.05) is 0 Å². The second-order valence-electron chi connectivity index (χ2n) is 4.60. The van der Waals surface area contributed by atoms with Gasteiger partial charge in [-0.3, -0.25) is 9.48 Å². The zero-order valence-electron chi connectivity index (χ0n) is 9.40. The number of hydrogen-bond acceptors (Lipinski definition) is 2. The molecule has 3 nitrogen and oxygen atoms in total. The smallest absolute Gasteiger partial charge is 0.135 e. The molecule has 17 heavy (non-hydrogen) atoms. The Morgan fingerprint density at radius 2 is 2.29 bits per heavy atom. The summed E-state index contributed by atoms with van der Waals surface area (Å²) in [7, 11) is 0. The zero-order chi connectivity index (χ0) is 11.8. The van der Waals surface area contributed by atoms with Gasteiger partial charge in [-0.15, -0.1) is 0 Å². The standard InChI is InChI=1S/C13H13BrN2O/c14-10-5-4-9-8-16(15-13(9)6-10)11-2-1-3-12(17)7-11/h4-6,8,11H,1-3,7H2. The van der Waals surface area contributed by atoms with Crippen molar-refractivity contribution in [1.29, 1.82) is 0 Å². The van der Waals surface area contributed by atoms with Crippen LogP contribution in [0.3, 0.4) is 0 Å². The van der Waals surface area contributed by atoms with Gasteiger partial charge >= 0.3 is 0 Å². The molecule has 1 unspecified atom stereocenters. The maximum absolute atomic E-state index is 11.5. The molecule has 2 aromatic rings. The van der Waals surface area contributed by atoms with Crippen LogP contribution in [0.25, 0.3) is 10.9 Å². The highest BCUT2D eigenvalue weighted by molar-refractivity contribution is 9.10.